The lowest BCUT2D eigenvalue weighted by atomic mass is 10.2. The standard InChI is InChI=1S/C13H17F2NO3/c1-9(17)6-7-16(2)12(18)10-4-3-5-11(8-10)19-13(14)15/h3-5,8-9,13,17H,6-7H2,1-2H3. The van der Waals surface area contributed by atoms with E-state index in [9.17, 15) is 13.6 Å². The van der Waals surface area contributed by atoms with Gasteiger partial charge in [0.25, 0.3) is 5.91 Å². The number of carbonyl (C=O) groups is 1. The van der Waals surface area contributed by atoms with Crippen LogP contribution in [0.4, 0.5) is 8.78 Å². The molecule has 106 valence electrons. The van der Waals surface area contributed by atoms with Gasteiger partial charge in [-0.3, -0.25) is 4.79 Å². The summed E-state index contributed by atoms with van der Waals surface area (Å²) in [5.41, 5.74) is 0.270. The molecular formula is C13H17F2NO3. The number of ether oxygens (including phenoxy) is 1. The zero-order valence-corrected chi connectivity index (χ0v) is 10.8. The number of amides is 1. The predicted molar refractivity (Wildman–Crippen MR) is 66.3 cm³/mol. The van der Waals surface area contributed by atoms with Crippen LogP contribution >= 0.6 is 0 Å². The van der Waals surface area contributed by atoms with Gasteiger partial charge in [-0.25, -0.2) is 0 Å². The van der Waals surface area contributed by atoms with Crippen LogP contribution in [0.25, 0.3) is 0 Å². The highest BCUT2D eigenvalue weighted by atomic mass is 19.3. The molecule has 0 heterocycles. The van der Waals surface area contributed by atoms with Crippen LogP contribution in [0.1, 0.15) is 23.7 Å². The van der Waals surface area contributed by atoms with Crippen molar-refractivity contribution in [2.75, 3.05) is 13.6 Å². The van der Waals surface area contributed by atoms with Crippen molar-refractivity contribution in [1.29, 1.82) is 0 Å². The fourth-order valence-electron chi connectivity index (χ4n) is 1.51. The number of alkyl halides is 2. The molecule has 1 unspecified atom stereocenters. The van der Waals surface area contributed by atoms with E-state index in [1.807, 2.05) is 0 Å². The maximum absolute atomic E-state index is 12.1. The molecule has 1 N–H and O–H groups in total. The van der Waals surface area contributed by atoms with E-state index in [1.54, 1.807) is 14.0 Å². The van der Waals surface area contributed by atoms with Crippen molar-refractivity contribution in [3.8, 4) is 5.75 Å². The Morgan fingerprint density at radius 3 is 2.74 bits per heavy atom. The van der Waals surface area contributed by atoms with Crippen molar-refractivity contribution in [3.05, 3.63) is 29.8 Å². The van der Waals surface area contributed by atoms with Crippen LogP contribution in [0, 0.1) is 0 Å². The summed E-state index contributed by atoms with van der Waals surface area (Å²) in [4.78, 5) is 13.4. The minimum Gasteiger partial charge on any atom is -0.435 e. The maximum atomic E-state index is 12.1. The van der Waals surface area contributed by atoms with E-state index >= 15 is 0 Å². The zero-order chi connectivity index (χ0) is 14.4. The summed E-state index contributed by atoms with van der Waals surface area (Å²) < 4.78 is 28.4. The van der Waals surface area contributed by atoms with E-state index in [0.29, 0.717) is 13.0 Å². The first-order valence-corrected chi connectivity index (χ1v) is 5.88. The molecule has 1 amide bonds. The average Bonchev–Trinajstić information content (AvgIpc) is 2.34. The van der Waals surface area contributed by atoms with E-state index in [1.165, 1.54) is 29.2 Å². The summed E-state index contributed by atoms with van der Waals surface area (Å²) in [6.07, 6.45) is -0.0427. The third kappa shape index (κ3) is 5.21. The number of nitrogens with zero attached hydrogens (tertiary/aromatic N) is 1. The van der Waals surface area contributed by atoms with Gasteiger partial charge in [-0.05, 0) is 31.5 Å². The summed E-state index contributed by atoms with van der Waals surface area (Å²) in [6.45, 7) is -0.899. The van der Waals surface area contributed by atoms with Crippen molar-refractivity contribution in [3.63, 3.8) is 0 Å². The average molecular weight is 273 g/mol. The maximum Gasteiger partial charge on any atom is 0.387 e. The molecule has 1 aromatic carbocycles. The van der Waals surface area contributed by atoms with Gasteiger partial charge in [0, 0.05) is 19.2 Å². The fraction of sp³-hybridized carbons (Fsp3) is 0.462. The molecule has 1 atom stereocenters. The van der Waals surface area contributed by atoms with E-state index in [2.05, 4.69) is 4.74 Å². The number of carbonyl (C=O) groups excluding carboxylic acids is 1. The number of aliphatic hydroxyl groups excluding tert-OH is 1. The van der Waals surface area contributed by atoms with Gasteiger partial charge in [-0.1, -0.05) is 6.07 Å². The summed E-state index contributed by atoms with van der Waals surface area (Å²) >= 11 is 0. The molecule has 0 saturated heterocycles. The van der Waals surface area contributed by atoms with E-state index in [-0.39, 0.29) is 17.2 Å². The highest BCUT2D eigenvalue weighted by Gasteiger charge is 2.14. The lowest BCUT2D eigenvalue weighted by Gasteiger charge is -2.18. The third-order valence-electron chi connectivity index (χ3n) is 2.54. The highest BCUT2D eigenvalue weighted by Crippen LogP contribution is 2.17. The third-order valence-corrected chi connectivity index (χ3v) is 2.54. The smallest absolute Gasteiger partial charge is 0.387 e. The van der Waals surface area contributed by atoms with Gasteiger partial charge in [0.1, 0.15) is 5.75 Å². The van der Waals surface area contributed by atoms with Gasteiger partial charge < -0.3 is 14.7 Å². The molecule has 0 fully saturated rings. The van der Waals surface area contributed by atoms with Crippen LogP contribution in [0.3, 0.4) is 0 Å². The molecule has 1 rings (SSSR count). The Labute approximate surface area is 110 Å². The van der Waals surface area contributed by atoms with Gasteiger partial charge in [0.05, 0.1) is 6.10 Å². The molecule has 0 aromatic heterocycles. The number of benzene rings is 1. The largest absolute Gasteiger partial charge is 0.435 e. The molecule has 0 aliphatic heterocycles. The van der Waals surface area contributed by atoms with Crippen molar-refractivity contribution in [2.45, 2.75) is 26.1 Å². The molecular weight excluding hydrogens is 256 g/mol. The molecule has 0 saturated carbocycles. The topological polar surface area (TPSA) is 49.8 Å². The van der Waals surface area contributed by atoms with E-state index in [0.717, 1.165) is 0 Å². The quantitative estimate of drug-likeness (QED) is 0.863. The summed E-state index contributed by atoms with van der Waals surface area (Å²) in [6, 6.07) is 5.64. The second-order valence-corrected chi connectivity index (χ2v) is 4.27. The Hall–Kier alpha value is -1.69. The SMILES string of the molecule is CC(O)CCN(C)C(=O)c1cccc(OC(F)F)c1. The normalized spacial score (nSPS) is 12.3. The van der Waals surface area contributed by atoms with Crippen molar-refractivity contribution >= 4 is 5.91 Å². The monoisotopic (exact) mass is 273 g/mol. The van der Waals surface area contributed by atoms with Crippen LogP contribution in [-0.2, 0) is 0 Å². The minimum atomic E-state index is -2.92. The number of hydrogen-bond donors (Lipinski definition) is 1. The predicted octanol–water partition coefficient (Wildman–Crippen LogP) is 2.13. The lowest BCUT2D eigenvalue weighted by molar-refractivity contribution is -0.0499. The van der Waals surface area contributed by atoms with Gasteiger partial charge in [-0.15, -0.1) is 0 Å². The Bertz CT molecular complexity index is 424. The minimum absolute atomic E-state index is 0.0511. The first-order chi connectivity index (χ1) is 8.90. The second-order valence-electron chi connectivity index (χ2n) is 4.27. The lowest BCUT2D eigenvalue weighted by Crippen LogP contribution is -2.29. The Morgan fingerprint density at radius 2 is 2.16 bits per heavy atom. The Morgan fingerprint density at radius 1 is 1.47 bits per heavy atom. The molecule has 6 heteroatoms. The molecule has 19 heavy (non-hydrogen) atoms. The summed E-state index contributed by atoms with van der Waals surface area (Å²) in [5, 5.41) is 9.16. The van der Waals surface area contributed by atoms with Crippen molar-refractivity contribution in [1.82, 2.24) is 4.90 Å². The summed E-state index contributed by atoms with van der Waals surface area (Å²) in [7, 11) is 1.59. The Kier molecular flexibility index (Phi) is 5.69. The molecule has 0 aliphatic carbocycles. The zero-order valence-electron chi connectivity index (χ0n) is 10.8. The van der Waals surface area contributed by atoms with Gasteiger partial charge in [0.15, 0.2) is 0 Å². The number of hydrogen-bond acceptors (Lipinski definition) is 3. The summed E-state index contributed by atoms with van der Waals surface area (Å²) in [5.74, 6) is -0.356. The molecule has 0 radical (unpaired) electrons. The van der Waals surface area contributed by atoms with E-state index < -0.39 is 12.7 Å². The van der Waals surface area contributed by atoms with Crippen LogP contribution in [0.15, 0.2) is 24.3 Å². The van der Waals surface area contributed by atoms with Crippen LogP contribution in [-0.4, -0.2) is 42.2 Å². The molecule has 0 aliphatic rings. The van der Waals surface area contributed by atoms with Crippen LogP contribution < -0.4 is 4.74 Å². The molecule has 0 bridgehead atoms. The first kappa shape index (κ1) is 15.4. The highest BCUT2D eigenvalue weighted by molar-refractivity contribution is 5.94. The van der Waals surface area contributed by atoms with Gasteiger partial charge in [0.2, 0.25) is 0 Å². The fourth-order valence-corrected chi connectivity index (χ4v) is 1.51. The first-order valence-electron chi connectivity index (χ1n) is 5.88. The van der Waals surface area contributed by atoms with Gasteiger partial charge >= 0.3 is 6.61 Å². The molecule has 1 aromatic rings. The van der Waals surface area contributed by atoms with Crippen LogP contribution in [0.5, 0.6) is 5.75 Å². The number of halogens is 2. The molecule has 4 nitrogen and oxygen atoms in total. The van der Waals surface area contributed by atoms with Crippen molar-refractivity contribution < 1.29 is 23.4 Å². The van der Waals surface area contributed by atoms with Crippen LogP contribution in [0.2, 0.25) is 0 Å². The number of aliphatic hydroxyl groups is 1. The van der Waals surface area contributed by atoms with Gasteiger partial charge in [-0.2, -0.15) is 8.78 Å². The van der Waals surface area contributed by atoms with Crippen molar-refractivity contribution in [2.24, 2.45) is 0 Å². The number of rotatable bonds is 6. The molecule has 0 spiro atoms. The van der Waals surface area contributed by atoms with E-state index in [4.69, 9.17) is 5.11 Å². The Balaban J connectivity index is 2.70. The second kappa shape index (κ2) is 7.04.